The first-order valence-corrected chi connectivity index (χ1v) is 10.6. The Hall–Kier alpha value is -1.70. The van der Waals surface area contributed by atoms with Crippen LogP contribution in [0.5, 0.6) is 0 Å². The molecular formula is C24H36N2. The lowest BCUT2D eigenvalue weighted by Crippen LogP contribution is -2.03. The Morgan fingerprint density at radius 1 is 0.769 bits per heavy atom. The highest BCUT2D eigenvalue weighted by Crippen LogP contribution is 2.20. The molecule has 2 nitrogen and oxygen atoms in total. The van der Waals surface area contributed by atoms with E-state index in [2.05, 4.69) is 67.4 Å². The average molecular weight is 353 g/mol. The molecule has 142 valence electrons. The SMILES string of the molecule is CCCCCCC(C)Cc1ccc(-c2ccc(CCCCC)cc2)nn1. The molecule has 0 spiro atoms. The van der Waals surface area contributed by atoms with E-state index in [4.69, 9.17) is 0 Å². The summed E-state index contributed by atoms with van der Waals surface area (Å²) in [5, 5.41) is 8.94. The van der Waals surface area contributed by atoms with Crippen LogP contribution in [-0.4, -0.2) is 10.2 Å². The Morgan fingerprint density at radius 2 is 1.50 bits per heavy atom. The van der Waals surface area contributed by atoms with Crippen LogP contribution in [0, 0.1) is 5.92 Å². The molecule has 1 atom stereocenters. The first-order chi connectivity index (χ1) is 12.7. The van der Waals surface area contributed by atoms with Crippen molar-refractivity contribution < 1.29 is 0 Å². The fourth-order valence-electron chi connectivity index (χ4n) is 3.42. The van der Waals surface area contributed by atoms with Crippen molar-refractivity contribution in [2.45, 2.75) is 85.0 Å². The van der Waals surface area contributed by atoms with E-state index in [9.17, 15) is 0 Å². The molecule has 0 saturated carbocycles. The summed E-state index contributed by atoms with van der Waals surface area (Å²) in [6.45, 7) is 6.85. The van der Waals surface area contributed by atoms with Crippen LogP contribution in [0.4, 0.5) is 0 Å². The van der Waals surface area contributed by atoms with Gasteiger partial charge in [0.15, 0.2) is 0 Å². The molecule has 26 heavy (non-hydrogen) atoms. The minimum atomic E-state index is 0.689. The Labute approximate surface area is 160 Å². The van der Waals surface area contributed by atoms with Gasteiger partial charge in [0.2, 0.25) is 0 Å². The summed E-state index contributed by atoms with van der Waals surface area (Å²) in [6.07, 6.45) is 12.7. The molecule has 1 heterocycles. The van der Waals surface area contributed by atoms with Crippen LogP contribution in [0.25, 0.3) is 11.3 Å². The maximum atomic E-state index is 4.47. The van der Waals surface area contributed by atoms with E-state index in [1.807, 2.05) is 0 Å². The zero-order valence-electron chi connectivity index (χ0n) is 17.0. The molecule has 1 aromatic heterocycles. The van der Waals surface area contributed by atoms with Gasteiger partial charge in [-0.05, 0) is 42.9 Å². The standard InChI is InChI=1S/C24H36N2/c1-4-6-8-10-11-20(3)19-23-17-18-24(26-25-23)22-15-13-21(14-16-22)12-9-7-5-2/h13-18,20H,4-12,19H2,1-3H3. The minimum Gasteiger partial charge on any atom is -0.155 e. The molecule has 2 heteroatoms. The van der Waals surface area contributed by atoms with E-state index in [0.717, 1.165) is 23.4 Å². The molecule has 0 bridgehead atoms. The van der Waals surface area contributed by atoms with Gasteiger partial charge in [0.25, 0.3) is 0 Å². The second-order valence-electron chi connectivity index (χ2n) is 7.72. The summed E-state index contributed by atoms with van der Waals surface area (Å²) in [4.78, 5) is 0. The summed E-state index contributed by atoms with van der Waals surface area (Å²) in [6, 6.07) is 13.1. The summed E-state index contributed by atoms with van der Waals surface area (Å²) in [7, 11) is 0. The van der Waals surface area contributed by atoms with Gasteiger partial charge >= 0.3 is 0 Å². The predicted molar refractivity (Wildman–Crippen MR) is 112 cm³/mol. The van der Waals surface area contributed by atoms with Crippen LogP contribution in [0.15, 0.2) is 36.4 Å². The molecule has 0 aliphatic carbocycles. The largest absolute Gasteiger partial charge is 0.155 e. The van der Waals surface area contributed by atoms with Crippen molar-refractivity contribution in [1.29, 1.82) is 0 Å². The number of rotatable bonds is 12. The molecule has 2 aromatic rings. The van der Waals surface area contributed by atoms with Crippen molar-refractivity contribution in [2.24, 2.45) is 5.92 Å². The smallest absolute Gasteiger partial charge is 0.0929 e. The summed E-state index contributed by atoms with van der Waals surface area (Å²) < 4.78 is 0. The quantitative estimate of drug-likeness (QED) is 0.383. The number of unbranched alkanes of at least 4 members (excludes halogenated alkanes) is 5. The number of aromatic nitrogens is 2. The summed E-state index contributed by atoms with van der Waals surface area (Å²) in [5.41, 5.74) is 4.68. The molecule has 2 rings (SSSR count). The van der Waals surface area contributed by atoms with Gasteiger partial charge < -0.3 is 0 Å². The number of nitrogens with zero attached hydrogens (tertiary/aromatic N) is 2. The Morgan fingerprint density at radius 3 is 2.15 bits per heavy atom. The van der Waals surface area contributed by atoms with E-state index >= 15 is 0 Å². The van der Waals surface area contributed by atoms with Crippen molar-refractivity contribution >= 4 is 0 Å². The van der Waals surface area contributed by atoms with Gasteiger partial charge in [-0.3, -0.25) is 0 Å². The maximum absolute atomic E-state index is 4.47. The predicted octanol–water partition coefficient (Wildman–Crippen LogP) is 7.03. The monoisotopic (exact) mass is 352 g/mol. The molecule has 0 amide bonds. The molecule has 0 N–H and O–H groups in total. The molecule has 1 aromatic carbocycles. The van der Waals surface area contributed by atoms with Crippen molar-refractivity contribution in [3.05, 3.63) is 47.7 Å². The van der Waals surface area contributed by atoms with Crippen LogP contribution < -0.4 is 0 Å². The first kappa shape index (κ1) is 20.6. The van der Waals surface area contributed by atoms with Gasteiger partial charge in [0.1, 0.15) is 0 Å². The minimum absolute atomic E-state index is 0.689. The molecule has 1 unspecified atom stereocenters. The molecule has 0 fully saturated rings. The third kappa shape index (κ3) is 7.27. The van der Waals surface area contributed by atoms with E-state index in [1.54, 1.807) is 0 Å². The lowest BCUT2D eigenvalue weighted by atomic mass is 9.97. The molecule has 0 aliphatic heterocycles. The Balaban J connectivity index is 1.84. The highest BCUT2D eigenvalue weighted by atomic mass is 15.1. The van der Waals surface area contributed by atoms with Gasteiger partial charge in [-0.15, -0.1) is 0 Å². The third-order valence-corrected chi connectivity index (χ3v) is 5.15. The van der Waals surface area contributed by atoms with Gasteiger partial charge in [-0.1, -0.05) is 90.0 Å². The van der Waals surface area contributed by atoms with Gasteiger partial charge in [0, 0.05) is 5.56 Å². The van der Waals surface area contributed by atoms with Gasteiger partial charge in [-0.25, -0.2) is 0 Å². The van der Waals surface area contributed by atoms with Crippen LogP contribution in [0.2, 0.25) is 0 Å². The van der Waals surface area contributed by atoms with E-state index < -0.39 is 0 Å². The third-order valence-electron chi connectivity index (χ3n) is 5.15. The average Bonchev–Trinajstić information content (AvgIpc) is 2.67. The van der Waals surface area contributed by atoms with E-state index in [1.165, 1.54) is 63.4 Å². The first-order valence-electron chi connectivity index (χ1n) is 10.6. The van der Waals surface area contributed by atoms with Crippen LogP contribution >= 0.6 is 0 Å². The fraction of sp³-hybridized carbons (Fsp3) is 0.583. The fourth-order valence-corrected chi connectivity index (χ4v) is 3.42. The number of hydrogen-bond donors (Lipinski definition) is 0. The lowest BCUT2D eigenvalue weighted by molar-refractivity contribution is 0.481. The number of aryl methyl sites for hydroxylation is 1. The summed E-state index contributed by atoms with van der Waals surface area (Å²) >= 11 is 0. The second-order valence-corrected chi connectivity index (χ2v) is 7.72. The summed E-state index contributed by atoms with van der Waals surface area (Å²) in [5.74, 6) is 0.689. The Kier molecular flexibility index (Phi) is 9.38. The molecule has 0 saturated heterocycles. The van der Waals surface area contributed by atoms with Crippen LogP contribution in [0.3, 0.4) is 0 Å². The van der Waals surface area contributed by atoms with Crippen molar-refractivity contribution in [3.8, 4) is 11.3 Å². The van der Waals surface area contributed by atoms with Crippen LogP contribution in [0.1, 0.15) is 83.4 Å². The number of benzene rings is 1. The second kappa shape index (κ2) is 11.8. The molecule has 0 radical (unpaired) electrons. The highest BCUT2D eigenvalue weighted by Gasteiger charge is 2.07. The Bertz CT molecular complexity index is 601. The van der Waals surface area contributed by atoms with Crippen LogP contribution in [-0.2, 0) is 12.8 Å². The zero-order chi connectivity index (χ0) is 18.6. The number of hydrogen-bond acceptors (Lipinski definition) is 2. The topological polar surface area (TPSA) is 25.8 Å². The maximum Gasteiger partial charge on any atom is 0.0929 e. The lowest BCUT2D eigenvalue weighted by Gasteiger charge is -2.10. The van der Waals surface area contributed by atoms with Gasteiger partial charge in [0.05, 0.1) is 11.4 Å². The van der Waals surface area contributed by atoms with Gasteiger partial charge in [-0.2, -0.15) is 10.2 Å². The van der Waals surface area contributed by atoms with E-state index in [0.29, 0.717) is 5.92 Å². The normalized spacial score (nSPS) is 12.3. The molecule has 0 aliphatic rings. The van der Waals surface area contributed by atoms with E-state index in [-0.39, 0.29) is 0 Å². The van der Waals surface area contributed by atoms with Crippen molar-refractivity contribution in [1.82, 2.24) is 10.2 Å². The highest BCUT2D eigenvalue weighted by molar-refractivity contribution is 5.58. The zero-order valence-corrected chi connectivity index (χ0v) is 17.0. The van der Waals surface area contributed by atoms with Crippen molar-refractivity contribution in [3.63, 3.8) is 0 Å². The molecular weight excluding hydrogens is 316 g/mol. The van der Waals surface area contributed by atoms with Crippen molar-refractivity contribution in [2.75, 3.05) is 0 Å².